The number of hydrogen-bond donors (Lipinski definition) is 1. The van der Waals surface area contributed by atoms with Gasteiger partial charge in [0.2, 0.25) is 0 Å². The van der Waals surface area contributed by atoms with Gasteiger partial charge in [0.05, 0.1) is 36.2 Å². The number of amides is 1. The zero-order valence-electron chi connectivity index (χ0n) is 11.4. The van der Waals surface area contributed by atoms with E-state index in [2.05, 4.69) is 10.1 Å². The largest absolute Gasteiger partial charge is 0.465 e. The Kier molecular flexibility index (Phi) is 3.44. The van der Waals surface area contributed by atoms with Crippen molar-refractivity contribution in [2.24, 2.45) is 0 Å². The van der Waals surface area contributed by atoms with Gasteiger partial charge in [-0.2, -0.15) is 5.10 Å². The summed E-state index contributed by atoms with van der Waals surface area (Å²) in [6.45, 7) is 5.34. The molecule has 0 aliphatic heterocycles. The van der Waals surface area contributed by atoms with Gasteiger partial charge in [0.25, 0.3) is 0 Å². The van der Waals surface area contributed by atoms with Crippen LogP contribution in [0.4, 0.5) is 14.9 Å². The smallest absolute Gasteiger partial charge is 0.412 e. The first-order valence-electron chi connectivity index (χ1n) is 5.98. The van der Waals surface area contributed by atoms with E-state index in [1.807, 2.05) is 0 Å². The van der Waals surface area contributed by atoms with Crippen LogP contribution in [0.25, 0.3) is 5.69 Å². The molecule has 7 heteroatoms. The summed E-state index contributed by atoms with van der Waals surface area (Å²) < 4.78 is 14.5. The molecule has 2 aromatic heterocycles. The van der Waals surface area contributed by atoms with E-state index in [1.54, 1.807) is 20.8 Å². The van der Waals surface area contributed by atoms with Crippen LogP contribution >= 0.6 is 0 Å². The number of aromatic nitrogens is 3. The highest BCUT2D eigenvalue weighted by molar-refractivity contribution is 5.87. The number of pyridine rings is 1. The molecule has 2 aromatic rings. The maximum atomic E-state index is 13.1. The van der Waals surface area contributed by atoms with Gasteiger partial charge >= 0.3 is 6.09 Å². The van der Waals surface area contributed by atoms with Crippen molar-refractivity contribution < 1.29 is 14.3 Å². The lowest BCUT2D eigenvalue weighted by Gasteiger charge is -2.31. The Morgan fingerprint density at radius 3 is 2.60 bits per heavy atom. The molecule has 0 fully saturated rings. The molecule has 0 unspecified atom stereocenters. The summed E-state index contributed by atoms with van der Waals surface area (Å²) in [7, 11) is 0. The first-order valence-corrected chi connectivity index (χ1v) is 5.98. The normalized spacial score (nSPS) is 11.4. The molecule has 1 N–H and O–H groups in total. The van der Waals surface area contributed by atoms with Crippen LogP contribution in [-0.4, -0.2) is 31.5 Å². The second-order valence-electron chi connectivity index (χ2n) is 5.29. The van der Waals surface area contributed by atoms with E-state index in [1.165, 1.54) is 34.2 Å². The van der Waals surface area contributed by atoms with Crippen LogP contribution in [0.5, 0.6) is 0 Å². The zero-order chi connectivity index (χ0) is 14.9. The molecule has 0 bridgehead atoms. The molecular weight excluding hydrogens is 263 g/mol. The highest BCUT2D eigenvalue weighted by Crippen LogP contribution is 2.24. The van der Waals surface area contributed by atoms with Gasteiger partial charge in [-0.1, -0.05) is 0 Å². The third-order valence-electron chi connectivity index (χ3n) is 2.64. The van der Waals surface area contributed by atoms with E-state index in [0.29, 0.717) is 11.4 Å². The molecule has 0 atom stereocenters. The minimum Gasteiger partial charge on any atom is -0.465 e. The fourth-order valence-electron chi connectivity index (χ4n) is 1.88. The molecular formula is C13H15FN4O2. The molecule has 2 rings (SSSR count). The topological polar surface area (TPSA) is 71.2 Å². The van der Waals surface area contributed by atoms with E-state index in [-0.39, 0.29) is 0 Å². The number of hydrogen-bond acceptors (Lipinski definition) is 3. The summed E-state index contributed by atoms with van der Waals surface area (Å²) in [5.74, 6) is -0.481. The lowest BCUT2D eigenvalue weighted by Crippen LogP contribution is -2.45. The van der Waals surface area contributed by atoms with Gasteiger partial charge < -0.3 is 5.11 Å². The Hall–Kier alpha value is -2.44. The molecule has 20 heavy (non-hydrogen) atoms. The highest BCUT2D eigenvalue weighted by Gasteiger charge is 2.28. The van der Waals surface area contributed by atoms with Crippen molar-refractivity contribution in [2.75, 3.05) is 4.90 Å². The van der Waals surface area contributed by atoms with Gasteiger partial charge in [0, 0.05) is 11.6 Å². The van der Waals surface area contributed by atoms with Gasteiger partial charge in [-0.15, -0.1) is 0 Å². The maximum absolute atomic E-state index is 13.1. The molecule has 0 saturated heterocycles. The molecule has 0 aromatic carbocycles. The molecule has 0 aliphatic carbocycles. The van der Waals surface area contributed by atoms with Gasteiger partial charge in [-0.3, -0.25) is 9.88 Å². The Balaban J connectivity index is 2.40. The van der Waals surface area contributed by atoms with Crippen LogP contribution in [0, 0.1) is 5.82 Å². The summed E-state index contributed by atoms with van der Waals surface area (Å²) in [4.78, 5) is 16.3. The molecule has 6 nitrogen and oxygen atoms in total. The van der Waals surface area contributed by atoms with Gasteiger partial charge in [0.15, 0.2) is 0 Å². The molecule has 0 spiro atoms. The Bertz CT molecular complexity index is 633. The van der Waals surface area contributed by atoms with E-state index in [0.717, 1.165) is 6.20 Å². The summed E-state index contributed by atoms with van der Waals surface area (Å²) in [6.07, 6.45) is 4.41. The lowest BCUT2D eigenvalue weighted by atomic mass is 10.1. The number of rotatable bonds is 2. The third-order valence-corrected chi connectivity index (χ3v) is 2.64. The molecule has 106 valence electrons. The van der Waals surface area contributed by atoms with Crippen LogP contribution in [0.15, 0.2) is 30.9 Å². The second kappa shape index (κ2) is 4.92. The molecule has 0 radical (unpaired) electrons. The van der Waals surface area contributed by atoms with Crippen molar-refractivity contribution in [1.29, 1.82) is 0 Å². The average molecular weight is 278 g/mol. The Labute approximate surface area is 115 Å². The lowest BCUT2D eigenvalue weighted by molar-refractivity contribution is 0.195. The first-order chi connectivity index (χ1) is 9.29. The SMILES string of the molecule is CC(C)(C)N(C(=O)O)c1cnn(-c2cncc(F)c2)c1. The van der Waals surface area contributed by atoms with E-state index in [9.17, 15) is 14.3 Å². The highest BCUT2D eigenvalue weighted by atomic mass is 19.1. The second-order valence-corrected chi connectivity index (χ2v) is 5.29. The van der Waals surface area contributed by atoms with Crippen LogP contribution in [0.1, 0.15) is 20.8 Å². The van der Waals surface area contributed by atoms with Gasteiger partial charge in [0.1, 0.15) is 5.82 Å². The first kappa shape index (κ1) is 14.0. The van der Waals surface area contributed by atoms with E-state index < -0.39 is 17.4 Å². The minimum absolute atomic E-state index is 0.411. The number of anilines is 1. The fourth-order valence-corrected chi connectivity index (χ4v) is 1.88. The van der Waals surface area contributed by atoms with E-state index in [4.69, 9.17) is 0 Å². The summed E-state index contributed by atoms with van der Waals surface area (Å²) >= 11 is 0. The van der Waals surface area contributed by atoms with Gasteiger partial charge in [-0.05, 0) is 20.8 Å². The average Bonchev–Trinajstić information content (AvgIpc) is 2.75. The molecule has 0 saturated carbocycles. The van der Waals surface area contributed by atoms with Crippen LogP contribution in [0.3, 0.4) is 0 Å². The van der Waals surface area contributed by atoms with Crippen molar-refractivity contribution in [1.82, 2.24) is 14.8 Å². The van der Waals surface area contributed by atoms with E-state index >= 15 is 0 Å². The zero-order valence-corrected chi connectivity index (χ0v) is 11.4. The minimum atomic E-state index is -1.07. The van der Waals surface area contributed by atoms with Crippen molar-refractivity contribution in [3.63, 3.8) is 0 Å². The Morgan fingerprint density at radius 1 is 1.35 bits per heavy atom. The van der Waals surface area contributed by atoms with Crippen molar-refractivity contribution >= 4 is 11.8 Å². The predicted molar refractivity (Wildman–Crippen MR) is 71.6 cm³/mol. The fraction of sp³-hybridized carbons (Fsp3) is 0.308. The van der Waals surface area contributed by atoms with Crippen molar-refractivity contribution in [3.8, 4) is 5.69 Å². The number of carboxylic acid groups (broad SMARTS) is 1. The molecule has 1 amide bonds. The standard InChI is InChI=1S/C13H15FN4O2/c1-13(2,3)18(12(19)20)11-7-16-17(8-11)10-4-9(14)5-15-6-10/h4-8H,1-3H3,(H,19,20). The van der Waals surface area contributed by atoms with Crippen molar-refractivity contribution in [3.05, 3.63) is 36.7 Å². The van der Waals surface area contributed by atoms with Crippen LogP contribution in [0.2, 0.25) is 0 Å². The summed E-state index contributed by atoms with van der Waals surface area (Å²) in [6, 6.07) is 1.27. The third kappa shape index (κ3) is 2.76. The maximum Gasteiger partial charge on any atom is 0.412 e. The monoisotopic (exact) mass is 278 g/mol. The number of nitrogens with zero attached hydrogens (tertiary/aromatic N) is 4. The number of halogens is 1. The number of carbonyl (C=O) groups is 1. The summed E-state index contributed by atoms with van der Waals surface area (Å²) in [5.41, 5.74) is 0.227. The van der Waals surface area contributed by atoms with Crippen LogP contribution < -0.4 is 4.90 Å². The van der Waals surface area contributed by atoms with Gasteiger partial charge in [-0.25, -0.2) is 13.9 Å². The summed E-state index contributed by atoms with van der Waals surface area (Å²) in [5, 5.41) is 13.4. The van der Waals surface area contributed by atoms with Crippen molar-refractivity contribution in [2.45, 2.75) is 26.3 Å². The molecule has 0 aliphatic rings. The predicted octanol–water partition coefficient (Wildman–Crippen LogP) is 2.69. The van der Waals surface area contributed by atoms with Crippen LogP contribution in [-0.2, 0) is 0 Å². The quantitative estimate of drug-likeness (QED) is 0.916. The Morgan fingerprint density at radius 2 is 2.05 bits per heavy atom. The molecule has 2 heterocycles.